The molecule has 0 spiro atoms. The number of hydrogen-bond acceptors (Lipinski definition) is 2. The van der Waals surface area contributed by atoms with Crippen molar-refractivity contribution < 1.29 is 18.3 Å². The third kappa shape index (κ3) is 3.24. The summed E-state index contributed by atoms with van der Waals surface area (Å²) >= 11 is 0. The molecule has 0 heterocycles. The maximum Gasteiger partial charge on any atom is 0.254 e. The van der Waals surface area contributed by atoms with Crippen LogP contribution < -0.4 is 4.74 Å². The molecular weight excluding hydrogens is 288 g/mol. The van der Waals surface area contributed by atoms with Gasteiger partial charge < -0.3 is 9.64 Å². The van der Waals surface area contributed by atoms with Crippen molar-refractivity contribution in [3.8, 4) is 5.75 Å². The predicted molar refractivity (Wildman–Crippen MR) is 79.9 cm³/mol. The molecular formula is C17H17F2NO2. The van der Waals surface area contributed by atoms with Crippen LogP contribution in [0.3, 0.4) is 0 Å². The highest BCUT2D eigenvalue weighted by atomic mass is 19.2. The third-order valence-electron chi connectivity index (χ3n) is 3.64. The second-order valence-electron chi connectivity index (χ2n) is 5.00. The van der Waals surface area contributed by atoms with E-state index in [0.29, 0.717) is 16.9 Å². The Kier molecular flexibility index (Phi) is 4.75. The molecule has 2 aromatic rings. The largest absolute Gasteiger partial charge is 0.497 e. The third-order valence-corrected chi connectivity index (χ3v) is 3.64. The normalized spacial score (nSPS) is 11.9. The number of benzene rings is 2. The molecule has 3 nitrogen and oxygen atoms in total. The van der Waals surface area contributed by atoms with Gasteiger partial charge in [-0.2, -0.15) is 0 Å². The molecule has 0 aliphatic carbocycles. The zero-order valence-electron chi connectivity index (χ0n) is 12.6. The topological polar surface area (TPSA) is 29.5 Å². The lowest BCUT2D eigenvalue weighted by Crippen LogP contribution is -2.29. The van der Waals surface area contributed by atoms with Gasteiger partial charge in [-0.3, -0.25) is 4.79 Å². The van der Waals surface area contributed by atoms with Gasteiger partial charge in [0.05, 0.1) is 13.2 Å². The van der Waals surface area contributed by atoms with Crippen LogP contribution in [0.15, 0.2) is 42.5 Å². The van der Waals surface area contributed by atoms with Crippen LogP contribution in [0.2, 0.25) is 0 Å². The molecule has 0 aliphatic rings. The predicted octanol–water partition coefficient (Wildman–Crippen LogP) is 3.81. The highest BCUT2D eigenvalue weighted by Crippen LogP contribution is 2.23. The Bertz CT molecular complexity index is 688. The Hall–Kier alpha value is -2.43. The number of methoxy groups -OCH3 is 1. The summed E-state index contributed by atoms with van der Waals surface area (Å²) in [4.78, 5) is 14.0. The Morgan fingerprint density at radius 3 is 2.50 bits per heavy atom. The molecule has 5 heteroatoms. The maximum absolute atomic E-state index is 13.3. The van der Waals surface area contributed by atoms with Crippen molar-refractivity contribution in [1.29, 1.82) is 0 Å². The van der Waals surface area contributed by atoms with Crippen LogP contribution in [0.5, 0.6) is 5.75 Å². The van der Waals surface area contributed by atoms with Crippen molar-refractivity contribution in [3.05, 3.63) is 65.2 Å². The molecule has 0 N–H and O–H groups in total. The summed E-state index contributed by atoms with van der Waals surface area (Å²) in [5.74, 6) is -1.47. The minimum Gasteiger partial charge on any atom is -0.497 e. The van der Waals surface area contributed by atoms with Gasteiger partial charge in [0.2, 0.25) is 0 Å². The zero-order chi connectivity index (χ0) is 16.3. The van der Waals surface area contributed by atoms with E-state index >= 15 is 0 Å². The molecule has 116 valence electrons. The van der Waals surface area contributed by atoms with E-state index < -0.39 is 17.7 Å². The number of carbonyl (C=O) groups is 1. The average molecular weight is 305 g/mol. The van der Waals surface area contributed by atoms with Crippen LogP contribution in [0, 0.1) is 11.6 Å². The first-order chi connectivity index (χ1) is 10.4. The van der Waals surface area contributed by atoms with Gasteiger partial charge in [-0.1, -0.05) is 12.1 Å². The molecule has 0 aliphatic heterocycles. The number of amides is 1. The molecule has 0 bridgehead atoms. The molecule has 0 aromatic heterocycles. The summed E-state index contributed by atoms with van der Waals surface area (Å²) in [5.41, 5.74) is 0.994. The van der Waals surface area contributed by atoms with Crippen molar-refractivity contribution in [2.75, 3.05) is 14.2 Å². The van der Waals surface area contributed by atoms with Gasteiger partial charge in [0.25, 0.3) is 5.91 Å². The number of nitrogens with zero attached hydrogens (tertiary/aromatic N) is 1. The maximum atomic E-state index is 13.3. The number of halogens is 2. The molecule has 1 atom stereocenters. The van der Waals surface area contributed by atoms with Crippen LogP contribution in [0.4, 0.5) is 8.78 Å². The van der Waals surface area contributed by atoms with E-state index in [4.69, 9.17) is 4.74 Å². The molecule has 1 unspecified atom stereocenters. The Morgan fingerprint density at radius 1 is 1.14 bits per heavy atom. The van der Waals surface area contributed by atoms with Crippen LogP contribution in [0.25, 0.3) is 0 Å². The summed E-state index contributed by atoms with van der Waals surface area (Å²) in [6, 6.07) is 10.0. The Balaban J connectivity index is 2.23. The summed E-state index contributed by atoms with van der Waals surface area (Å²) in [5, 5.41) is 0. The second-order valence-corrected chi connectivity index (χ2v) is 5.00. The fourth-order valence-corrected chi connectivity index (χ4v) is 2.13. The van der Waals surface area contributed by atoms with Gasteiger partial charge in [-0.05, 0) is 42.8 Å². The summed E-state index contributed by atoms with van der Waals surface area (Å²) in [6.45, 7) is 1.75. The van der Waals surface area contributed by atoms with Crippen LogP contribution in [-0.2, 0) is 0 Å². The highest BCUT2D eigenvalue weighted by Gasteiger charge is 2.20. The Labute approximate surface area is 128 Å². The molecule has 0 radical (unpaired) electrons. The van der Waals surface area contributed by atoms with E-state index in [1.165, 1.54) is 18.1 Å². The minimum absolute atomic E-state index is 0.226. The summed E-state index contributed by atoms with van der Waals surface area (Å²) in [7, 11) is 3.14. The monoisotopic (exact) mass is 305 g/mol. The van der Waals surface area contributed by atoms with Crippen LogP contribution in [-0.4, -0.2) is 25.0 Å². The zero-order valence-corrected chi connectivity index (χ0v) is 12.6. The lowest BCUT2D eigenvalue weighted by Gasteiger charge is -2.25. The van der Waals surface area contributed by atoms with Crippen molar-refractivity contribution in [3.63, 3.8) is 0 Å². The van der Waals surface area contributed by atoms with Crippen LogP contribution >= 0.6 is 0 Å². The van der Waals surface area contributed by atoms with E-state index in [1.807, 2.05) is 0 Å². The second kappa shape index (κ2) is 6.56. The fraction of sp³-hybridized carbons (Fsp3) is 0.235. The smallest absolute Gasteiger partial charge is 0.254 e. The van der Waals surface area contributed by atoms with E-state index in [2.05, 4.69) is 0 Å². The highest BCUT2D eigenvalue weighted by molar-refractivity contribution is 5.94. The van der Waals surface area contributed by atoms with Gasteiger partial charge in [-0.25, -0.2) is 8.78 Å². The van der Waals surface area contributed by atoms with Gasteiger partial charge in [0, 0.05) is 12.6 Å². The molecule has 2 aromatic carbocycles. The quantitative estimate of drug-likeness (QED) is 0.859. The number of hydrogen-bond donors (Lipinski definition) is 0. The molecule has 2 rings (SSSR count). The number of rotatable bonds is 4. The van der Waals surface area contributed by atoms with Gasteiger partial charge in [0.15, 0.2) is 11.6 Å². The summed E-state index contributed by atoms with van der Waals surface area (Å²) in [6.07, 6.45) is 0. The van der Waals surface area contributed by atoms with E-state index in [-0.39, 0.29) is 5.91 Å². The molecule has 0 saturated carbocycles. The summed E-state index contributed by atoms with van der Waals surface area (Å²) < 4.78 is 31.4. The van der Waals surface area contributed by atoms with Crippen molar-refractivity contribution >= 4 is 5.91 Å². The van der Waals surface area contributed by atoms with E-state index in [1.54, 1.807) is 38.2 Å². The number of ether oxygens (including phenoxy) is 1. The van der Waals surface area contributed by atoms with Gasteiger partial charge in [-0.15, -0.1) is 0 Å². The first-order valence-corrected chi connectivity index (χ1v) is 6.80. The average Bonchev–Trinajstić information content (AvgIpc) is 2.55. The van der Waals surface area contributed by atoms with Crippen molar-refractivity contribution in [2.24, 2.45) is 0 Å². The fourth-order valence-electron chi connectivity index (χ4n) is 2.13. The first-order valence-electron chi connectivity index (χ1n) is 6.80. The van der Waals surface area contributed by atoms with E-state index in [0.717, 1.165) is 12.1 Å². The SMILES string of the molecule is COc1cccc(C(=O)N(C)C(C)c2ccc(F)c(F)c2)c1. The van der Waals surface area contributed by atoms with Crippen LogP contribution in [0.1, 0.15) is 28.9 Å². The lowest BCUT2D eigenvalue weighted by molar-refractivity contribution is 0.0742. The van der Waals surface area contributed by atoms with E-state index in [9.17, 15) is 13.6 Å². The van der Waals surface area contributed by atoms with Crippen molar-refractivity contribution in [2.45, 2.75) is 13.0 Å². The minimum atomic E-state index is -0.924. The molecule has 0 saturated heterocycles. The molecule has 1 amide bonds. The number of carbonyl (C=O) groups excluding carboxylic acids is 1. The van der Waals surface area contributed by atoms with Gasteiger partial charge in [0.1, 0.15) is 5.75 Å². The Morgan fingerprint density at radius 2 is 1.86 bits per heavy atom. The first kappa shape index (κ1) is 15.9. The van der Waals surface area contributed by atoms with Gasteiger partial charge >= 0.3 is 0 Å². The standard InChI is InChI=1S/C17H17F2NO2/c1-11(12-7-8-15(18)16(19)10-12)20(2)17(21)13-5-4-6-14(9-13)22-3/h4-11H,1-3H3. The molecule has 22 heavy (non-hydrogen) atoms. The molecule has 0 fully saturated rings. The van der Waals surface area contributed by atoms with Crippen molar-refractivity contribution in [1.82, 2.24) is 4.90 Å². The lowest BCUT2D eigenvalue weighted by atomic mass is 10.1.